The molecule has 1 aliphatic heterocycles. The normalized spacial score (nSPS) is 18.8. The van der Waals surface area contributed by atoms with E-state index < -0.39 is 0 Å². The van der Waals surface area contributed by atoms with E-state index in [2.05, 4.69) is 17.2 Å². The third-order valence-corrected chi connectivity index (χ3v) is 3.94. The van der Waals surface area contributed by atoms with Crippen molar-refractivity contribution in [3.63, 3.8) is 0 Å². The number of hydrogen-bond acceptors (Lipinski definition) is 3. The molecule has 0 spiro atoms. The van der Waals surface area contributed by atoms with Crippen molar-refractivity contribution in [3.8, 4) is 0 Å². The van der Waals surface area contributed by atoms with Crippen molar-refractivity contribution < 1.29 is 4.79 Å². The van der Waals surface area contributed by atoms with Gasteiger partial charge in [-0.1, -0.05) is 24.9 Å². The second-order valence-electron chi connectivity index (χ2n) is 5.25. The summed E-state index contributed by atoms with van der Waals surface area (Å²) in [5, 5.41) is 3.92. The summed E-state index contributed by atoms with van der Waals surface area (Å²) >= 11 is 6.08. The molecule has 110 valence electrons. The van der Waals surface area contributed by atoms with Crippen molar-refractivity contribution in [2.75, 3.05) is 19.6 Å². The zero-order valence-electron chi connectivity index (χ0n) is 11.9. The van der Waals surface area contributed by atoms with Crippen molar-refractivity contribution >= 4 is 17.5 Å². The Morgan fingerprint density at radius 1 is 1.55 bits per heavy atom. The van der Waals surface area contributed by atoms with Crippen molar-refractivity contribution in [1.82, 2.24) is 15.2 Å². The second-order valence-corrected chi connectivity index (χ2v) is 5.66. The van der Waals surface area contributed by atoms with Crippen LogP contribution in [0.15, 0.2) is 18.5 Å². The van der Waals surface area contributed by atoms with Crippen molar-refractivity contribution in [2.24, 2.45) is 0 Å². The first-order valence-electron chi connectivity index (χ1n) is 7.34. The molecule has 0 saturated carbocycles. The van der Waals surface area contributed by atoms with Gasteiger partial charge in [0.25, 0.3) is 5.91 Å². The highest BCUT2D eigenvalue weighted by atomic mass is 35.5. The van der Waals surface area contributed by atoms with E-state index in [9.17, 15) is 4.79 Å². The number of rotatable bonds is 5. The molecule has 1 amide bonds. The van der Waals surface area contributed by atoms with Gasteiger partial charge in [-0.25, -0.2) is 0 Å². The topological polar surface area (TPSA) is 45.2 Å². The summed E-state index contributed by atoms with van der Waals surface area (Å²) in [6, 6.07) is 2.10. The van der Waals surface area contributed by atoms with Crippen LogP contribution in [0.4, 0.5) is 0 Å². The van der Waals surface area contributed by atoms with Gasteiger partial charge in [-0.3, -0.25) is 9.78 Å². The zero-order chi connectivity index (χ0) is 14.4. The lowest BCUT2D eigenvalue weighted by molar-refractivity contribution is 0.0732. The van der Waals surface area contributed by atoms with Crippen molar-refractivity contribution in [2.45, 2.75) is 38.6 Å². The predicted molar refractivity (Wildman–Crippen MR) is 81.1 cm³/mol. The molecule has 1 saturated heterocycles. The van der Waals surface area contributed by atoms with Crippen LogP contribution >= 0.6 is 11.6 Å². The molecule has 1 N–H and O–H groups in total. The van der Waals surface area contributed by atoms with Crippen molar-refractivity contribution in [3.05, 3.63) is 29.0 Å². The van der Waals surface area contributed by atoms with E-state index in [4.69, 9.17) is 11.6 Å². The van der Waals surface area contributed by atoms with E-state index >= 15 is 0 Å². The van der Waals surface area contributed by atoms with Gasteiger partial charge in [-0.15, -0.1) is 0 Å². The maximum absolute atomic E-state index is 12.6. The molecule has 0 bridgehead atoms. The SMILES string of the molecule is CCCN(CC1CCCCN1)C(=O)c1ccncc1Cl. The fourth-order valence-corrected chi connectivity index (χ4v) is 2.81. The van der Waals surface area contributed by atoms with Gasteiger partial charge in [0.1, 0.15) is 0 Å². The second kappa shape index (κ2) is 7.60. The Bertz CT molecular complexity index is 446. The summed E-state index contributed by atoms with van der Waals surface area (Å²) in [6.07, 6.45) is 7.69. The summed E-state index contributed by atoms with van der Waals surface area (Å²) in [5.74, 6) is 0.00613. The first-order chi connectivity index (χ1) is 9.72. The smallest absolute Gasteiger partial charge is 0.255 e. The largest absolute Gasteiger partial charge is 0.337 e. The van der Waals surface area contributed by atoms with Gasteiger partial charge in [0.15, 0.2) is 0 Å². The molecule has 0 aliphatic carbocycles. The van der Waals surface area contributed by atoms with Crippen LogP contribution in [0.1, 0.15) is 43.0 Å². The average molecular weight is 296 g/mol. The van der Waals surface area contributed by atoms with Gasteiger partial charge < -0.3 is 10.2 Å². The van der Waals surface area contributed by atoms with E-state index in [-0.39, 0.29) is 5.91 Å². The third-order valence-electron chi connectivity index (χ3n) is 3.64. The summed E-state index contributed by atoms with van der Waals surface area (Å²) in [4.78, 5) is 18.5. The van der Waals surface area contributed by atoms with E-state index in [0.717, 1.165) is 32.5 Å². The van der Waals surface area contributed by atoms with Gasteiger partial charge in [-0.05, 0) is 31.9 Å². The van der Waals surface area contributed by atoms with Gasteiger partial charge in [0.05, 0.1) is 10.6 Å². The summed E-state index contributed by atoms with van der Waals surface area (Å²) in [7, 11) is 0. The fourth-order valence-electron chi connectivity index (χ4n) is 2.61. The Morgan fingerprint density at radius 2 is 2.40 bits per heavy atom. The number of pyridine rings is 1. The first-order valence-corrected chi connectivity index (χ1v) is 7.72. The number of halogens is 1. The molecular weight excluding hydrogens is 274 g/mol. The van der Waals surface area contributed by atoms with Crippen LogP contribution in [-0.2, 0) is 0 Å². The van der Waals surface area contributed by atoms with Gasteiger partial charge in [-0.2, -0.15) is 0 Å². The lowest BCUT2D eigenvalue weighted by Crippen LogP contribution is -2.46. The van der Waals surface area contributed by atoms with E-state index in [1.165, 1.54) is 19.0 Å². The number of nitrogens with one attached hydrogen (secondary N) is 1. The number of piperidine rings is 1. The van der Waals surface area contributed by atoms with Gasteiger partial charge in [0.2, 0.25) is 0 Å². The average Bonchev–Trinajstić information content (AvgIpc) is 2.48. The quantitative estimate of drug-likeness (QED) is 0.908. The number of carbonyl (C=O) groups is 1. The molecule has 1 unspecified atom stereocenters. The van der Waals surface area contributed by atoms with Gasteiger partial charge in [0, 0.05) is 31.5 Å². The third kappa shape index (κ3) is 3.93. The molecule has 1 atom stereocenters. The molecule has 0 aromatic carbocycles. The van der Waals surface area contributed by atoms with Crippen LogP contribution in [0.5, 0.6) is 0 Å². The predicted octanol–water partition coefficient (Wildman–Crippen LogP) is 2.73. The summed E-state index contributed by atoms with van der Waals surface area (Å²) in [5.41, 5.74) is 0.547. The molecule has 1 aliphatic rings. The molecule has 4 nitrogen and oxygen atoms in total. The maximum atomic E-state index is 12.6. The van der Waals surface area contributed by atoms with Crippen LogP contribution in [0.2, 0.25) is 5.02 Å². The number of nitrogens with zero attached hydrogens (tertiary/aromatic N) is 2. The number of aromatic nitrogens is 1. The van der Waals surface area contributed by atoms with E-state index in [1.807, 2.05) is 4.90 Å². The lowest BCUT2D eigenvalue weighted by atomic mass is 10.0. The Kier molecular flexibility index (Phi) is 5.80. The van der Waals surface area contributed by atoms with Crippen LogP contribution < -0.4 is 5.32 Å². The molecule has 5 heteroatoms. The minimum atomic E-state index is 0.00613. The van der Waals surface area contributed by atoms with Crippen LogP contribution in [0, 0.1) is 0 Å². The molecular formula is C15H22ClN3O. The standard InChI is InChI=1S/C15H22ClN3O/c1-2-9-19(11-12-5-3-4-7-18-12)15(20)13-6-8-17-10-14(13)16/h6,8,10,12,18H,2-5,7,9,11H2,1H3. The molecule has 2 heterocycles. The minimum absolute atomic E-state index is 0.00613. The minimum Gasteiger partial charge on any atom is -0.337 e. The number of carbonyl (C=O) groups excluding carboxylic acids is 1. The summed E-state index contributed by atoms with van der Waals surface area (Å²) < 4.78 is 0. The number of amides is 1. The van der Waals surface area contributed by atoms with Gasteiger partial charge >= 0.3 is 0 Å². The monoisotopic (exact) mass is 295 g/mol. The van der Waals surface area contributed by atoms with E-state index in [1.54, 1.807) is 12.3 Å². The highest BCUT2D eigenvalue weighted by molar-refractivity contribution is 6.33. The zero-order valence-corrected chi connectivity index (χ0v) is 12.7. The molecule has 1 aromatic rings. The Morgan fingerprint density at radius 3 is 3.05 bits per heavy atom. The van der Waals surface area contributed by atoms with Crippen LogP contribution in [0.3, 0.4) is 0 Å². The molecule has 1 fully saturated rings. The highest BCUT2D eigenvalue weighted by Gasteiger charge is 2.22. The van der Waals surface area contributed by atoms with E-state index in [0.29, 0.717) is 16.6 Å². The number of hydrogen-bond donors (Lipinski definition) is 1. The molecule has 0 radical (unpaired) electrons. The highest BCUT2D eigenvalue weighted by Crippen LogP contribution is 2.17. The Hall–Kier alpha value is -1.13. The maximum Gasteiger partial charge on any atom is 0.255 e. The molecule has 20 heavy (non-hydrogen) atoms. The lowest BCUT2D eigenvalue weighted by Gasteiger charge is -2.30. The Balaban J connectivity index is 2.07. The van der Waals surface area contributed by atoms with Crippen LogP contribution in [-0.4, -0.2) is 41.5 Å². The van der Waals surface area contributed by atoms with Crippen molar-refractivity contribution in [1.29, 1.82) is 0 Å². The van der Waals surface area contributed by atoms with Crippen LogP contribution in [0.25, 0.3) is 0 Å². The fraction of sp³-hybridized carbons (Fsp3) is 0.600. The molecule has 2 rings (SSSR count). The molecule has 1 aromatic heterocycles. The Labute approximate surface area is 125 Å². The summed E-state index contributed by atoms with van der Waals surface area (Å²) in [6.45, 7) is 4.65. The first kappa shape index (κ1) is 15.3.